The van der Waals surface area contributed by atoms with Crippen molar-refractivity contribution in [3.05, 3.63) is 29.8 Å². The summed E-state index contributed by atoms with van der Waals surface area (Å²) in [7, 11) is 1.66. The molecule has 0 spiro atoms. The van der Waals surface area contributed by atoms with Crippen LogP contribution in [-0.2, 0) is 0 Å². The highest BCUT2D eigenvalue weighted by Gasteiger charge is 2.06. The number of methoxy groups -OCH3 is 1. The third-order valence-electron chi connectivity index (χ3n) is 2.42. The van der Waals surface area contributed by atoms with Crippen LogP contribution in [0.25, 0.3) is 10.9 Å². The van der Waals surface area contributed by atoms with Crippen LogP contribution < -0.4 is 9.47 Å². The van der Waals surface area contributed by atoms with E-state index in [0.29, 0.717) is 12.5 Å². The summed E-state index contributed by atoms with van der Waals surface area (Å²) in [6, 6.07) is 7.92. The van der Waals surface area contributed by atoms with Crippen LogP contribution in [0, 0.1) is 6.92 Å². The highest BCUT2D eigenvalue weighted by molar-refractivity contribution is 5.86. The maximum Gasteiger partial charge on any atom is 0.217 e. The van der Waals surface area contributed by atoms with Crippen molar-refractivity contribution in [2.24, 2.45) is 0 Å². The number of aromatic nitrogens is 1. The van der Waals surface area contributed by atoms with Gasteiger partial charge in [-0.05, 0) is 31.5 Å². The van der Waals surface area contributed by atoms with E-state index in [1.165, 1.54) is 5.56 Å². The van der Waals surface area contributed by atoms with Crippen LogP contribution in [0.1, 0.15) is 12.5 Å². The van der Waals surface area contributed by atoms with Crippen LogP contribution in [0.15, 0.2) is 24.3 Å². The number of rotatable bonds is 3. The van der Waals surface area contributed by atoms with Gasteiger partial charge in [0.1, 0.15) is 5.75 Å². The quantitative estimate of drug-likeness (QED) is 0.792. The molecule has 0 aliphatic carbocycles. The normalized spacial score (nSPS) is 10.4. The molecule has 2 rings (SSSR count). The first kappa shape index (κ1) is 10.7. The molecule has 0 saturated heterocycles. The summed E-state index contributed by atoms with van der Waals surface area (Å²) in [5, 5.41) is 1.01. The molecule has 0 radical (unpaired) electrons. The summed E-state index contributed by atoms with van der Waals surface area (Å²) in [6.07, 6.45) is 0. The Bertz CT molecular complexity index is 509. The van der Waals surface area contributed by atoms with Gasteiger partial charge in [-0.25, -0.2) is 4.98 Å². The first-order valence-corrected chi connectivity index (χ1v) is 5.32. The van der Waals surface area contributed by atoms with Gasteiger partial charge < -0.3 is 9.47 Å². The number of hydrogen-bond acceptors (Lipinski definition) is 3. The number of ether oxygens (including phenoxy) is 2. The van der Waals surface area contributed by atoms with E-state index < -0.39 is 0 Å². The maximum atomic E-state index is 5.41. The van der Waals surface area contributed by atoms with Crippen molar-refractivity contribution in [3.8, 4) is 11.6 Å². The van der Waals surface area contributed by atoms with E-state index >= 15 is 0 Å². The molecular formula is C13H15NO2. The Balaban J connectivity index is 2.63. The molecule has 0 saturated carbocycles. The number of nitrogens with zero attached hydrogens (tertiary/aromatic N) is 1. The third-order valence-corrected chi connectivity index (χ3v) is 2.42. The molecule has 16 heavy (non-hydrogen) atoms. The zero-order chi connectivity index (χ0) is 11.5. The number of fused-ring (bicyclic) bond motifs is 1. The predicted octanol–water partition coefficient (Wildman–Crippen LogP) is 2.95. The molecule has 0 atom stereocenters. The van der Waals surface area contributed by atoms with Gasteiger partial charge in [-0.1, -0.05) is 6.07 Å². The molecule has 0 aliphatic heterocycles. The second kappa shape index (κ2) is 4.39. The largest absolute Gasteiger partial charge is 0.496 e. The number of hydrogen-bond donors (Lipinski definition) is 0. The zero-order valence-electron chi connectivity index (χ0n) is 9.78. The van der Waals surface area contributed by atoms with Gasteiger partial charge in [0.05, 0.1) is 19.2 Å². The minimum Gasteiger partial charge on any atom is -0.496 e. The summed E-state index contributed by atoms with van der Waals surface area (Å²) in [5.41, 5.74) is 2.08. The Morgan fingerprint density at radius 1 is 1.25 bits per heavy atom. The fourth-order valence-corrected chi connectivity index (χ4v) is 1.67. The lowest BCUT2D eigenvalue weighted by Gasteiger charge is -2.09. The van der Waals surface area contributed by atoms with E-state index in [1.54, 1.807) is 7.11 Å². The van der Waals surface area contributed by atoms with E-state index in [4.69, 9.17) is 9.47 Å². The molecule has 3 nitrogen and oxygen atoms in total. The minimum absolute atomic E-state index is 0.605. The molecular weight excluding hydrogens is 202 g/mol. The highest BCUT2D eigenvalue weighted by atomic mass is 16.5. The van der Waals surface area contributed by atoms with Gasteiger partial charge in [0, 0.05) is 11.5 Å². The second-order valence-corrected chi connectivity index (χ2v) is 3.62. The van der Waals surface area contributed by atoms with Gasteiger partial charge in [-0.3, -0.25) is 0 Å². The van der Waals surface area contributed by atoms with E-state index in [9.17, 15) is 0 Å². The predicted molar refractivity (Wildman–Crippen MR) is 64.2 cm³/mol. The second-order valence-electron chi connectivity index (χ2n) is 3.62. The highest BCUT2D eigenvalue weighted by Crippen LogP contribution is 2.28. The van der Waals surface area contributed by atoms with Crippen molar-refractivity contribution in [1.82, 2.24) is 4.98 Å². The molecule has 3 heteroatoms. The molecule has 1 aromatic carbocycles. The third kappa shape index (κ3) is 1.94. The first-order valence-electron chi connectivity index (χ1n) is 5.32. The Labute approximate surface area is 95.0 Å². The van der Waals surface area contributed by atoms with Crippen molar-refractivity contribution < 1.29 is 9.47 Å². The Morgan fingerprint density at radius 3 is 2.75 bits per heavy atom. The number of benzene rings is 1. The topological polar surface area (TPSA) is 31.4 Å². The van der Waals surface area contributed by atoms with E-state index in [-0.39, 0.29) is 0 Å². The zero-order valence-corrected chi connectivity index (χ0v) is 9.78. The molecule has 84 valence electrons. The maximum absolute atomic E-state index is 5.41. The molecule has 2 aromatic rings. The fraction of sp³-hybridized carbons (Fsp3) is 0.308. The lowest BCUT2D eigenvalue weighted by Crippen LogP contribution is -1.96. The van der Waals surface area contributed by atoms with Crippen LogP contribution in [-0.4, -0.2) is 18.7 Å². The smallest absolute Gasteiger partial charge is 0.217 e. The first-order chi connectivity index (χ1) is 7.74. The fourth-order valence-electron chi connectivity index (χ4n) is 1.67. The molecule has 1 heterocycles. The Hall–Kier alpha value is -1.77. The Morgan fingerprint density at radius 2 is 2.06 bits per heavy atom. The van der Waals surface area contributed by atoms with Crippen LogP contribution in [0.2, 0.25) is 0 Å². The summed E-state index contributed by atoms with van der Waals surface area (Å²) < 4.78 is 10.7. The van der Waals surface area contributed by atoms with E-state index in [0.717, 1.165) is 16.7 Å². The average molecular weight is 217 g/mol. The summed E-state index contributed by atoms with van der Waals surface area (Å²) in [4.78, 5) is 4.43. The van der Waals surface area contributed by atoms with Gasteiger partial charge in [0.15, 0.2) is 0 Å². The van der Waals surface area contributed by atoms with Crippen LogP contribution in [0.3, 0.4) is 0 Å². The van der Waals surface area contributed by atoms with Gasteiger partial charge in [0.25, 0.3) is 0 Å². The standard InChI is InChI=1S/C13H15NO2/c1-4-16-13-8-12(15-3)10-6-5-9(2)7-11(10)14-13/h5-8H,4H2,1-3H3. The summed E-state index contributed by atoms with van der Waals surface area (Å²) >= 11 is 0. The van der Waals surface area contributed by atoms with Crippen LogP contribution in [0.5, 0.6) is 11.6 Å². The van der Waals surface area contributed by atoms with E-state index in [1.807, 2.05) is 38.1 Å². The summed E-state index contributed by atoms with van der Waals surface area (Å²) in [5.74, 6) is 1.41. The molecule has 0 amide bonds. The van der Waals surface area contributed by atoms with Crippen molar-refractivity contribution >= 4 is 10.9 Å². The molecule has 0 fully saturated rings. The van der Waals surface area contributed by atoms with Gasteiger partial charge in [0.2, 0.25) is 5.88 Å². The average Bonchev–Trinajstić information content (AvgIpc) is 2.27. The molecule has 1 aromatic heterocycles. The number of pyridine rings is 1. The number of aryl methyl sites for hydroxylation is 1. The molecule has 0 unspecified atom stereocenters. The van der Waals surface area contributed by atoms with Crippen LogP contribution in [0.4, 0.5) is 0 Å². The van der Waals surface area contributed by atoms with Gasteiger partial charge in [-0.15, -0.1) is 0 Å². The minimum atomic E-state index is 0.605. The van der Waals surface area contributed by atoms with Gasteiger partial charge in [-0.2, -0.15) is 0 Å². The lowest BCUT2D eigenvalue weighted by molar-refractivity contribution is 0.324. The van der Waals surface area contributed by atoms with Crippen LogP contribution >= 0.6 is 0 Å². The summed E-state index contributed by atoms with van der Waals surface area (Å²) in [6.45, 7) is 4.59. The molecule has 0 aliphatic rings. The van der Waals surface area contributed by atoms with Crippen molar-refractivity contribution in [2.75, 3.05) is 13.7 Å². The monoisotopic (exact) mass is 217 g/mol. The Kier molecular flexibility index (Phi) is 2.95. The van der Waals surface area contributed by atoms with Gasteiger partial charge >= 0.3 is 0 Å². The molecule has 0 N–H and O–H groups in total. The lowest BCUT2D eigenvalue weighted by atomic mass is 10.1. The SMILES string of the molecule is CCOc1cc(OC)c2ccc(C)cc2n1. The van der Waals surface area contributed by atoms with Crippen molar-refractivity contribution in [2.45, 2.75) is 13.8 Å². The van der Waals surface area contributed by atoms with Crippen molar-refractivity contribution in [3.63, 3.8) is 0 Å². The van der Waals surface area contributed by atoms with Crippen molar-refractivity contribution in [1.29, 1.82) is 0 Å². The molecule has 0 bridgehead atoms. The van der Waals surface area contributed by atoms with E-state index in [2.05, 4.69) is 4.98 Å².